The second-order valence-corrected chi connectivity index (χ2v) is 1.75. The van der Waals surface area contributed by atoms with E-state index in [1.807, 2.05) is 0 Å². The molecule has 0 saturated heterocycles. The fourth-order valence-corrected chi connectivity index (χ4v) is 0.564. The molecule has 0 aliphatic carbocycles. The van der Waals surface area contributed by atoms with Crippen molar-refractivity contribution in [1.82, 2.24) is 4.90 Å². The fourth-order valence-electron chi connectivity index (χ4n) is 0.564. The van der Waals surface area contributed by atoms with Gasteiger partial charge in [-0.05, 0) is 0 Å². The van der Waals surface area contributed by atoms with Gasteiger partial charge in [0.15, 0.2) is 0 Å². The summed E-state index contributed by atoms with van der Waals surface area (Å²) in [6, 6.07) is 0. The molecule has 0 radical (unpaired) electrons. The van der Waals surface area contributed by atoms with E-state index in [1.165, 1.54) is 6.21 Å². The molecule has 1 aliphatic rings. The molecule has 0 amide bonds. The Kier molecular flexibility index (Phi) is 1.65. The highest BCUT2D eigenvalue weighted by molar-refractivity contribution is 5.61. The summed E-state index contributed by atoms with van der Waals surface area (Å²) in [6.45, 7) is -0.194. The number of aliphatic imine (C=N–C) groups is 1. The van der Waals surface area contributed by atoms with Crippen LogP contribution in [0.25, 0.3) is 0 Å². The highest BCUT2D eigenvalue weighted by Gasteiger charge is 2.34. The van der Waals surface area contributed by atoms with Crippen molar-refractivity contribution >= 4 is 6.21 Å². The summed E-state index contributed by atoms with van der Waals surface area (Å²) in [5.41, 5.74) is 0. The van der Waals surface area contributed by atoms with Crippen molar-refractivity contribution in [1.29, 1.82) is 0 Å². The van der Waals surface area contributed by atoms with E-state index < -0.39 is 6.30 Å². The van der Waals surface area contributed by atoms with Gasteiger partial charge in [0.05, 0.1) is 6.54 Å². The molecule has 0 aromatic carbocycles. The smallest absolute Gasteiger partial charge is 0.284 e. The minimum absolute atomic E-state index is 0.194. The summed E-state index contributed by atoms with van der Waals surface area (Å²) in [5.74, 6) is 0. The first-order chi connectivity index (χ1) is 4.61. The Hall–Kier alpha value is -1.00. The van der Waals surface area contributed by atoms with Gasteiger partial charge in [-0.3, -0.25) is 9.89 Å². The zero-order valence-corrected chi connectivity index (χ0v) is 4.97. The standard InChI is InChI=1S/C5H5F3N2/c6-5(7,8)10-3-1-9-2-4-10/h1-3H,4H2. The lowest BCUT2D eigenvalue weighted by molar-refractivity contribution is -0.222. The van der Waals surface area contributed by atoms with Crippen LogP contribution in [-0.4, -0.2) is 24.0 Å². The van der Waals surface area contributed by atoms with Crippen molar-refractivity contribution < 1.29 is 13.2 Å². The molecule has 0 spiro atoms. The lowest BCUT2D eigenvalue weighted by atomic mass is 10.5. The predicted molar refractivity (Wildman–Crippen MR) is 30.4 cm³/mol. The first-order valence-electron chi connectivity index (χ1n) is 2.62. The Morgan fingerprint density at radius 3 is 2.40 bits per heavy atom. The van der Waals surface area contributed by atoms with Crippen LogP contribution in [0, 0.1) is 0 Å². The van der Waals surface area contributed by atoms with Crippen molar-refractivity contribution in [2.45, 2.75) is 6.30 Å². The van der Waals surface area contributed by atoms with Gasteiger partial charge in [-0.15, -0.1) is 0 Å². The van der Waals surface area contributed by atoms with Crippen LogP contribution in [-0.2, 0) is 0 Å². The summed E-state index contributed by atoms with van der Waals surface area (Å²) in [7, 11) is 0. The minimum atomic E-state index is -4.27. The highest BCUT2D eigenvalue weighted by Crippen LogP contribution is 2.21. The quantitative estimate of drug-likeness (QED) is 0.476. The van der Waals surface area contributed by atoms with Crippen LogP contribution in [0.3, 0.4) is 0 Å². The molecule has 2 nitrogen and oxygen atoms in total. The molecule has 0 unspecified atom stereocenters. The van der Waals surface area contributed by atoms with Gasteiger partial charge in [-0.1, -0.05) is 0 Å². The number of halogens is 3. The molecular formula is C5H5F3N2. The molecule has 0 bridgehead atoms. The van der Waals surface area contributed by atoms with Gasteiger partial charge in [-0.25, -0.2) is 0 Å². The molecule has 1 heterocycles. The van der Waals surface area contributed by atoms with E-state index in [9.17, 15) is 13.2 Å². The molecular weight excluding hydrogens is 145 g/mol. The van der Waals surface area contributed by atoms with Crippen molar-refractivity contribution in [2.75, 3.05) is 6.54 Å². The van der Waals surface area contributed by atoms with Crippen molar-refractivity contribution in [3.63, 3.8) is 0 Å². The van der Waals surface area contributed by atoms with Gasteiger partial charge in [0.2, 0.25) is 0 Å². The maximum Gasteiger partial charge on any atom is 0.484 e. The topological polar surface area (TPSA) is 15.6 Å². The molecule has 0 atom stereocenters. The summed E-state index contributed by atoms with van der Waals surface area (Å²) in [6.07, 6.45) is -1.06. The van der Waals surface area contributed by atoms with Gasteiger partial charge in [0.25, 0.3) is 0 Å². The molecule has 1 rings (SSSR count). The third-order valence-electron chi connectivity index (χ3n) is 1.04. The molecule has 0 N–H and O–H groups in total. The number of hydrogen-bond acceptors (Lipinski definition) is 2. The Bertz CT molecular complexity index is 170. The maximum absolute atomic E-state index is 11.8. The normalized spacial score (nSPS) is 18.1. The first kappa shape index (κ1) is 7.11. The van der Waals surface area contributed by atoms with E-state index in [-0.39, 0.29) is 11.4 Å². The highest BCUT2D eigenvalue weighted by atomic mass is 19.4. The third kappa shape index (κ3) is 1.49. The van der Waals surface area contributed by atoms with Crippen LogP contribution < -0.4 is 0 Å². The SMILES string of the molecule is FC(F)(F)N1C=CN=CC1. The van der Waals surface area contributed by atoms with E-state index in [0.29, 0.717) is 0 Å². The third-order valence-corrected chi connectivity index (χ3v) is 1.04. The molecule has 10 heavy (non-hydrogen) atoms. The summed E-state index contributed by atoms with van der Waals surface area (Å²) >= 11 is 0. The number of alkyl halides is 3. The van der Waals surface area contributed by atoms with Gasteiger partial charge in [0, 0.05) is 18.6 Å². The Balaban J connectivity index is 2.60. The Morgan fingerprint density at radius 1 is 1.40 bits per heavy atom. The van der Waals surface area contributed by atoms with E-state index in [4.69, 9.17) is 0 Å². The van der Waals surface area contributed by atoms with Crippen molar-refractivity contribution in [3.8, 4) is 0 Å². The molecule has 0 fully saturated rings. The van der Waals surface area contributed by atoms with Crippen LogP contribution in [0.1, 0.15) is 0 Å². The average molecular weight is 150 g/mol. The lowest BCUT2D eigenvalue weighted by Crippen LogP contribution is -2.35. The van der Waals surface area contributed by atoms with Crippen LogP contribution in [0.4, 0.5) is 13.2 Å². The van der Waals surface area contributed by atoms with Gasteiger partial charge >= 0.3 is 6.30 Å². The zero-order valence-electron chi connectivity index (χ0n) is 4.97. The number of hydrogen-bond donors (Lipinski definition) is 0. The maximum atomic E-state index is 11.8. The molecule has 5 heteroatoms. The lowest BCUT2D eigenvalue weighted by Gasteiger charge is -2.21. The molecule has 0 saturated carbocycles. The predicted octanol–water partition coefficient (Wildman–Crippen LogP) is 1.36. The largest absolute Gasteiger partial charge is 0.484 e. The van der Waals surface area contributed by atoms with Gasteiger partial charge in [-0.2, -0.15) is 13.2 Å². The fraction of sp³-hybridized carbons (Fsp3) is 0.400. The second-order valence-electron chi connectivity index (χ2n) is 1.75. The second kappa shape index (κ2) is 2.32. The van der Waals surface area contributed by atoms with Crippen molar-refractivity contribution in [3.05, 3.63) is 12.4 Å². The Labute approximate surface area is 55.7 Å². The molecule has 0 aromatic rings. The molecule has 0 aromatic heterocycles. The zero-order chi connectivity index (χ0) is 7.61. The molecule has 56 valence electrons. The average Bonchev–Trinajstić information content (AvgIpc) is 1.88. The summed E-state index contributed by atoms with van der Waals surface area (Å²) in [5, 5.41) is 0. The van der Waals surface area contributed by atoms with Crippen LogP contribution in [0.2, 0.25) is 0 Å². The number of rotatable bonds is 0. The van der Waals surface area contributed by atoms with Crippen LogP contribution >= 0.6 is 0 Å². The van der Waals surface area contributed by atoms with Crippen LogP contribution in [0.15, 0.2) is 17.4 Å². The van der Waals surface area contributed by atoms with Gasteiger partial charge < -0.3 is 0 Å². The van der Waals surface area contributed by atoms with E-state index >= 15 is 0 Å². The van der Waals surface area contributed by atoms with Crippen LogP contribution in [0.5, 0.6) is 0 Å². The summed E-state index contributed by atoms with van der Waals surface area (Å²) < 4.78 is 35.3. The minimum Gasteiger partial charge on any atom is -0.284 e. The summed E-state index contributed by atoms with van der Waals surface area (Å²) in [4.78, 5) is 3.74. The van der Waals surface area contributed by atoms with Crippen molar-refractivity contribution in [2.24, 2.45) is 4.99 Å². The monoisotopic (exact) mass is 150 g/mol. The first-order valence-corrected chi connectivity index (χ1v) is 2.62. The van der Waals surface area contributed by atoms with E-state index in [0.717, 1.165) is 12.4 Å². The molecule has 1 aliphatic heterocycles. The van der Waals surface area contributed by atoms with E-state index in [1.54, 1.807) is 0 Å². The van der Waals surface area contributed by atoms with Gasteiger partial charge in [0.1, 0.15) is 0 Å². The van der Waals surface area contributed by atoms with E-state index in [2.05, 4.69) is 4.99 Å². The Morgan fingerprint density at radius 2 is 2.10 bits per heavy atom. The number of nitrogens with zero attached hydrogens (tertiary/aromatic N) is 2.